The topological polar surface area (TPSA) is 41.6 Å². The summed E-state index contributed by atoms with van der Waals surface area (Å²) in [6.45, 7) is 11.8. The van der Waals surface area contributed by atoms with E-state index in [-0.39, 0.29) is 12.2 Å². The number of hydrogen-bond acceptors (Lipinski definition) is 3. The van der Waals surface area contributed by atoms with Gasteiger partial charge in [-0.15, -0.1) is 0 Å². The first-order valence-corrected chi connectivity index (χ1v) is 7.08. The third-order valence-corrected chi connectivity index (χ3v) is 4.54. The van der Waals surface area contributed by atoms with Crippen molar-refractivity contribution >= 4 is 11.8 Å². The van der Waals surface area contributed by atoms with E-state index in [9.17, 15) is 4.79 Å². The maximum Gasteiger partial charge on any atom is 0.414 e. The van der Waals surface area contributed by atoms with Crippen LogP contribution in [0.15, 0.2) is 0 Å². The number of rotatable bonds is 3. The van der Waals surface area contributed by atoms with Crippen LogP contribution in [0.3, 0.4) is 0 Å². The van der Waals surface area contributed by atoms with Gasteiger partial charge in [0.25, 0.3) is 0 Å². The number of nitrogens with zero attached hydrogens (tertiary/aromatic N) is 1. The van der Waals surface area contributed by atoms with Gasteiger partial charge in [0.15, 0.2) is 0 Å². The lowest BCUT2D eigenvalue weighted by Crippen LogP contribution is -2.30. The number of nitrogens with one attached hydrogen (secondary N) is 1. The minimum atomic E-state index is -0.237. The molecule has 0 aliphatic carbocycles. The quantitative estimate of drug-likeness (QED) is 0.923. The van der Waals surface area contributed by atoms with Crippen LogP contribution in [0.2, 0.25) is 0 Å². The van der Waals surface area contributed by atoms with Gasteiger partial charge >= 0.3 is 6.09 Å². The average Bonchev–Trinajstić information content (AvgIpc) is 2.76. The number of amides is 1. The van der Waals surface area contributed by atoms with E-state index in [1.54, 1.807) is 4.90 Å². The van der Waals surface area contributed by atoms with Gasteiger partial charge < -0.3 is 10.1 Å². The second kappa shape index (κ2) is 5.44. The Kier molecular flexibility index (Phi) is 4.04. The zero-order valence-corrected chi connectivity index (χ0v) is 13.3. The van der Waals surface area contributed by atoms with Crippen LogP contribution in [0, 0.1) is 34.6 Å². The molecule has 1 aromatic carbocycles. The van der Waals surface area contributed by atoms with Crippen molar-refractivity contribution in [3.63, 3.8) is 0 Å². The van der Waals surface area contributed by atoms with Gasteiger partial charge in [-0.05, 0) is 69.5 Å². The zero-order chi connectivity index (χ0) is 15.0. The second-order valence-electron chi connectivity index (χ2n) is 5.65. The highest BCUT2D eigenvalue weighted by atomic mass is 16.6. The van der Waals surface area contributed by atoms with Crippen LogP contribution in [0.1, 0.15) is 27.8 Å². The molecule has 1 amide bonds. The molecule has 1 fully saturated rings. The van der Waals surface area contributed by atoms with Gasteiger partial charge in [-0.25, -0.2) is 4.79 Å². The highest BCUT2D eigenvalue weighted by molar-refractivity contribution is 5.92. The fourth-order valence-corrected chi connectivity index (χ4v) is 2.92. The largest absolute Gasteiger partial charge is 0.443 e. The van der Waals surface area contributed by atoms with E-state index in [0.717, 1.165) is 5.69 Å². The summed E-state index contributed by atoms with van der Waals surface area (Å²) in [6.07, 6.45) is -0.313. The van der Waals surface area contributed by atoms with E-state index in [0.29, 0.717) is 13.1 Å². The third-order valence-electron chi connectivity index (χ3n) is 4.54. The molecule has 1 aliphatic heterocycles. The number of cyclic esters (lactones) is 1. The Hall–Kier alpha value is -1.55. The number of hydrogen-bond donors (Lipinski definition) is 1. The molecule has 0 saturated carbocycles. The Labute approximate surface area is 121 Å². The van der Waals surface area contributed by atoms with Gasteiger partial charge in [0, 0.05) is 6.54 Å². The molecule has 2 rings (SSSR count). The van der Waals surface area contributed by atoms with Crippen molar-refractivity contribution in [1.29, 1.82) is 0 Å². The lowest BCUT2D eigenvalue weighted by atomic mass is 9.92. The number of anilines is 1. The summed E-state index contributed by atoms with van der Waals surface area (Å²) < 4.78 is 5.41. The molecular formula is C16H24N2O2. The van der Waals surface area contributed by atoms with Crippen molar-refractivity contribution in [2.75, 3.05) is 25.0 Å². The Morgan fingerprint density at radius 2 is 1.55 bits per heavy atom. The maximum absolute atomic E-state index is 12.1. The standard InChI is InChI=1S/C16H24N2O2/c1-9-10(2)12(4)15(13(5)11(9)3)18-8-14(7-17-6)20-16(18)19/h14,17H,7-8H2,1-6H3. The van der Waals surface area contributed by atoms with Crippen molar-refractivity contribution in [2.24, 2.45) is 0 Å². The molecule has 1 aromatic rings. The summed E-state index contributed by atoms with van der Waals surface area (Å²) in [7, 11) is 1.87. The Balaban J connectivity index is 2.46. The van der Waals surface area contributed by atoms with Crippen LogP contribution in [-0.2, 0) is 4.74 Å². The van der Waals surface area contributed by atoms with Gasteiger partial charge in [0.05, 0.1) is 12.2 Å². The smallest absolute Gasteiger partial charge is 0.414 e. The van der Waals surface area contributed by atoms with Crippen LogP contribution >= 0.6 is 0 Å². The lowest BCUT2D eigenvalue weighted by molar-refractivity contribution is 0.141. The number of benzene rings is 1. The van der Waals surface area contributed by atoms with Crippen molar-refractivity contribution in [3.8, 4) is 0 Å². The van der Waals surface area contributed by atoms with Gasteiger partial charge in [0.2, 0.25) is 0 Å². The van der Waals surface area contributed by atoms with E-state index < -0.39 is 0 Å². The van der Waals surface area contributed by atoms with E-state index in [1.807, 2.05) is 7.05 Å². The molecule has 1 aliphatic rings. The summed E-state index contributed by atoms with van der Waals surface area (Å²) in [5.74, 6) is 0. The fraction of sp³-hybridized carbons (Fsp3) is 0.562. The summed E-state index contributed by atoms with van der Waals surface area (Å²) in [5.41, 5.74) is 7.19. The van der Waals surface area contributed by atoms with E-state index in [1.165, 1.54) is 27.8 Å². The first kappa shape index (κ1) is 14.9. The molecule has 1 saturated heterocycles. The van der Waals surface area contributed by atoms with Crippen molar-refractivity contribution in [3.05, 3.63) is 27.8 Å². The normalized spacial score (nSPS) is 18.6. The first-order valence-electron chi connectivity index (χ1n) is 7.08. The molecule has 1 heterocycles. The van der Waals surface area contributed by atoms with Gasteiger partial charge in [-0.2, -0.15) is 0 Å². The van der Waals surface area contributed by atoms with Crippen molar-refractivity contribution < 1.29 is 9.53 Å². The monoisotopic (exact) mass is 276 g/mol. The molecule has 0 spiro atoms. The summed E-state index contributed by atoms with van der Waals surface area (Å²) in [6, 6.07) is 0. The number of carbonyl (C=O) groups excluding carboxylic acids is 1. The minimum Gasteiger partial charge on any atom is -0.443 e. The SMILES string of the molecule is CNCC1CN(c2c(C)c(C)c(C)c(C)c2C)C(=O)O1. The summed E-state index contributed by atoms with van der Waals surface area (Å²) in [4.78, 5) is 13.9. The summed E-state index contributed by atoms with van der Waals surface area (Å²) >= 11 is 0. The molecule has 1 unspecified atom stereocenters. The van der Waals surface area contributed by atoms with Crippen LogP contribution in [0.25, 0.3) is 0 Å². The molecule has 1 N–H and O–H groups in total. The average molecular weight is 276 g/mol. The Morgan fingerprint density at radius 1 is 1.05 bits per heavy atom. The number of carbonyl (C=O) groups is 1. The molecule has 4 nitrogen and oxygen atoms in total. The lowest BCUT2D eigenvalue weighted by Gasteiger charge is -2.23. The predicted octanol–water partition coefficient (Wildman–Crippen LogP) is 2.77. The molecular weight excluding hydrogens is 252 g/mol. The Bertz CT molecular complexity index is 523. The molecule has 20 heavy (non-hydrogen) atoms. The summed E-state index contributed by atoms with van der Waals surface area (Å²) in [5, 5.41) is 3.06. The molecule has 110 valence electrons. The maximum atomic E-state index is 12.1. The van der Waals surface area contributed by atoms with Crippen LogP contribution < -0.4 is 10.2 Å². The van der Waals surface area contributed by atoms with Crippen LogP contribution in [-0.4, -0.2) is 32.3 Å². The number of likely N-dealkylation sites (N-methyl/N-ethyl adjacent to an activating group) is 1. The van der Waals surface area contributed by atoms with E-state index >= 15 is 0 Å². The molecule has 0 aromatic heterocycles. The molecule has 0 radical (unpaired) electrons. The van der Waals surface area contributed by atoms with Gasteiger partial charge in [0.1, 0.15) is 6.10 Å². The second-order valence-corrected chi connectivity index (χ2v) is 5.65. The first-order chi connectivity index (χ1) is 9.38. The highest BCUT2D eigenvalue weighted by Gasteiger charge is 2.34. The molecule has 1 atom stereocenters. The molecule has 0 bridgehead atoms. The van der Waals surface area contributed by atoms with Crippen LogP contribution in [0.5, 0.6) is 0 Å². The Morgan fingerprint density at radius 3 is 2.05 bits per heavy atom. The van der Waals surface area contributed by atoms with Crippen molar-refractivity contribution in [2.45, 2.75) is 40.7 Å². The predicted molar refractivity (Wildman–Crippen MR) is 81.7 cm³/mol. The highest BCUT2D eigenvalue weighted by Crippen LogP contribution is 2.35. The van der Waals surface area contributed by atoms with E-state index in [2.05, 4.69) is 39.9 Å². The number of ether oxygens (including phenoxy) is 1. The zero-order valence-electron chi connectivity index (χ0n) is 13.3. The molecule has 4 heteroatoms. The van der Waals surface area contributed by atoms with Gasteiger partial charge in [-0.1, -0.05) is 0 Å². The van der Waals surface area contributed by atoms with E-state index in [4.69, 9.17) is 4.74 Å². The van der Waals surface area contributed by atoms with Crippen LogP contribution in [0.4, 0.5) is 10.5 Å². The third kappa shape index (κ3) is 2.29. The fourth-order valence-electron chi connectivity index (χ4n) is 2.92. The minimum absolute atomic E-state index is 0.0757. The van der Waals surface area contributed by atoms with Gasteiger partial charge in [-0.3, -0.25) is 4.90 Å². The van der Waals surface area contributed by atoms with Crippen molar-refractivity contribution in [1.82, 2.24) is 5.32 Å².